The number of benzene rings is 2. The number of carbonyl (C=O) groups excluding carboxylic acids is 1. The summed E-state index contributed by atoms with van der Waals surface area (Å²) in [5.41, 5.74) is 2.07. The Bertz CT molecular complexity index is 1060. The van der Waals surface area contributed by atoms with Gasteiger partial charge in [0.1, 0.15) is 12.1 Å². The van der Waals surface area contributed by atoms with Gasteiger partial charge in [-0.25, -0.2) is 9.07 Å². The number of rotatable bonds is 6. The van der Waals surface area contributed by atoms with Gasteiger partial charge < -0.3 is 9.84 Å². The summed E-state index contributed by atoms with van der Waals surface area (Å²) in [7, 11) is 0. The van der Waals surface area contributed by atoms with Crippen molar-refractivity contribution in [2.24, 2.45) is 0 Å². The first-order valence-electron chi connectivity index (χ1n) is 8.39. The first-order chi connectivity index (χ1) is 13.7. The maximum Gasteiger partial charge on any atom is 0.227 e. The number of hydrogen-bond acceptors (Lipinski definition) is 7. The number of hydrogen-bond donors (Lipinski definition) is 1. The highest BCUT2D eigenvalue weighted by Crippen LogP contribution is 2.17. The largest absolute Gasteiger partial charge is 0.339 e. The Morgan fingerprint density at radius 1 is 1.11 bits per heavy atom. The Labute approximate surface area is 158 Å². The Morgan fingerprint density at radius 2 is 1.89 bits per heavy atom. The number of amides is 1. The van der Waals surface area contributed by atoms with Gasteiger partial charge in [0, 0.05) is 24.1 Å². The van der Waals surface area contributed by atoms with Gasteiger partial charge in [0.15, 0.2) is 0 Å². The van der Waals surface area contributed by atoms with Crippen LogP contribution in [0.5, 0.6) is 0 Å². The van der Waals surface area contributed by atoms with Crippen molar-refractivity contribution in [2.75, 3.05) is 5.32 Å². The third-order valence-corrected chi connectivity index (χ3v) is 3.90. The van der Waals surface area contributed by atoms with Gasteiger partial charge in [-0.2, -0.15) is 4.98 Å². The molecule has 1 amide bonds. The lowest BCUT2D eigenvalue weighted by atomic mass is 10.2. The van der Waals surface area contributed by atoms with Gasteiger partial charge in [0.25, 0.3) is 0 Å². The fourth-order valence-electron chi connectivity index (χ4n) is 2.49. The van der Waals surface area contributed by atoms with Crippen LogP contribution in [0.15, 0.2) is 59.4 Å². The molecule has 140 valence electrons. The van der Waals surface area contributed by atoms with Gasteiger partial charge in [-0.1, -0.05) is 5.16 Å². The van der Waals surface area contributed by atoms with E-state index in [1.165, 1.54) is 23.1 Å². The molecule has 0 atom stereocenters. The molecule has 0 aliphatic heterocycles. The van der Waals surface area contributed by atoms with E-state index in [1.807, 2.05) is 0 Å². The van der Waals surface area contributed by atoms with Crippen LogP contribution >= 0.6 is 0 Å². The third-order valence-electron chi connectivity index (χ3n) is 3.90. The van der Waals surface area contributed by atoms with E-state index in [4.69, 9.17) is 4.52 Å². The van der Waals surface area contributed by atoms with Gasteiger partial charge in [0.2, 0.25) is 17.6 Å². The van der Waals surface area contributed by atoms with Crippen molar-refractivity contribution in [3.05, 3.63) is 66.6 Å². The molecule has 0 bridgehead atoms. The zero-order valence-corrected chi connectivity index (χ0v) is 14.5. The highest BCUT2D eigenvalue weighted by molar-refractivity contribution is 5.90. The average molecular weight is 379 g/mol. The van der Waals surface area contributed by atoms with Gasteiger partial charge in [-0.3, -0.25) is 4.79 Å². The molecule has 0 fully saturated rings. The van der Waals surface area contributed by atoms with Crippen LogP contribution < -0.4 is 5.32 Å². The van der Waals surface area contributed by atoms with E-state index in [0.717, 1.165) is 5.69 Å². The smallest absolute Gasteiger partial charge is 0.227 e. The molecule has 1 N–H and O–H groups in total. The normalized spacial score (nSPS) is 10.8. The van der Waals surface area contributed by atoms with Crippen LogP contribution in [0.2, 0.25) is 0 Å². The van der Waals surface area contributed by atoms with Crippen LogP contribution in [0.1, 0.15) is 12.3 Å². The molecule has 2 heterocycles. The van der Waals surface area contributed by atoms with Crippen LogP contribution in [0, 0.1) is 5.82 Å². The van der Waals surface area contributed by atoms with Gasteiger partial charge in [-0.05, 0) is 59.0 Å². The summed E-state index contributed by atoms with van der Waals surface area (Å²) in [6, 6.07) is 12.9. The molecular formula is C18H14FN7O2. The van der Waals surface area contributed by atoms with Crippen LogP contribution in [0.4, 0.5) is 10.1 Å². The minimum Gasteiger partial charge on any atom is -0.339 e. The standard InChI is InChI=1S/C18H14FN7O2/c19-13-3-1-12(2-4-13)18-22-17(28-23-18)10-9-16(27)21-14-5-7-15(8-6-14)26-11-20-24-25-26/h1-8,11H,9-10H2,(H,21,27). The summed E-state index contributed by atoms with van der Waals surface area (Å²) in [6.07, 6.45) is 1.96. The molecule has 4 aromatic rings. The van der Waals surface area contributed by atoms with E-state index < -0.39 is 0 Å². The average Bonchev–Trinajstić information content (AvgIpc) is 3.40. The van der Waals surface area contributed by atoms with Crippen molar-refractivity contribution >= 4 is 11.6 Å². The highest BCUT2D eigenvalue weighted by atomic mass is 19.1. The number of aromatic nitrogens is 6. The van der Waals surface area contributed by atoms with E-state index in [0.29, 0.717) is 29.4 Å². The lowest BCUT2D eigenvalue weighted by molar-refractivity contribution is -0.116. The topological polar surface area (TPSA) is 112 Å². The van der Waals surface area contributed by atoms with Crippen molar-refractivity contribution in [3.63, 3.8) is 0 Å². The summed E-state index contributed by atoms with van der Waals surface area (Å²) in [4.78, 5) is 16.4. The third kappa shape index (κ3) is 4.06. The van der Waals surface area contributed by atoms with Crippen LogP contribution in [-0.2, 0) is 11.2 Å². The highest BCUT2D eigenvalue weighted by Gasteiger charge is 2.11. The van der Waals surface area contributed by atoms with Gasteiger partial charge in [-0.15, -0.1) is 5.10 Å². The van der Waals surface area contributed by atoms with E-state index in [9.17, 15) is 9.18 Å². The molecule has 0 aliphatic rings. The van der Waals surface area contributed by atoms with Gasteiger partial charge in [0.05, 0.1) is 5.69 Å². The monoisotopic (exact) mass is 379 g/mol. The van der Waals surface area contributed by atoms with Crippen LogP contribution in [0.3, 0.4) is 0 Å². The summed E-state index contributed by atoms with van der Waals surface area (Å²) in [5.74, 6) is 0.170. The second-order valence-corrected chi connectivity index (χ2v) is 5.87. The quantitative estimate of drug-likeness (QED) is 0.547. The van der Waals surface area contributed by atoms with Crippen LogP contribution in [-0.4, -0.2) is 36.3 Å². The lowest BCUT2D eigenvalue weighted by Gasteiger charge is -2.05. The molecule has 0 unspecified atom stereocenters. The number of nitrogens with zero attached hydrogens (tertiary/aromatic N) is 6. The fraction of sp³-hybridized carbons (Fsp3) is 0.111. The summed E-state index contributed by atoms with van der Waals surface area (Å²) in [5, 5.41) is 17.6. The van der Waals surface area contributed by atoms with E-state index in [1.54, 1.807) is 36.4 Å². The Balaban J connectivity index is 1.31. The molecule has 0 spiro atoms. The maximum absolute atomic E-state index is 13.0. The van der Waals surface area contributed by atoms with Crippen molar-refractivity contribution in [1.29, 1.82) is 0 Å². The number of aryl methyl sites for hydroxylation is 1. The minimum absolute atomic E-state index is 0.180. The molecule has 0 radical (unpaired) electrons. The van der Waals surface area contributed by atoms with Crippen molar-refractivity contribution in [2.45, 2.75) is 12.8 Å². The molecule has 2 aromatic heterocycles. The zero-order chi connectivity index (χ0) is 19.3. The number of halogens is 1. The first kappa shape index (κ1) is 17.5. The van der Waals surface area contributed by atoms with Crippen molar-refractivity contribution in [1.82, 2.24) is 30.3 Å². The van der Waals surface area contributed by atoms with Crippen LogP contribution in [0.25, 0.3) is 17.1 Å². The molecular weight excluding hydrogens is 365 g/mol. The fourth-order valence-corrected chi connectivity index (χ4v) is 2.49. The predicted molar refractivity (Wildman–Crippen MR) is 95.8 cm³/mol. The molecule has 2 aromatic carbocycles. The zero-order valence-electron chi connectivity index (χ0n) is 14.5. The number of carbonyl (C=O) groups is 1. The Hall–Kier alpha value is -3.95. The summed E-state index contributed by atoms with van der Waals surface area (Å²) < 4.78 is 19.6. The first-order valence-corrected chi connectivity index (χ1v) is 8.39. The molecule has 0 saturated heterocycles. The molecule has 10 heteroatoms. The lowest BCUT2D eigenvalue weighted by Crippen LogP contribution is -2.12. The van der Waals surface area contributed by atoms with E-state index >= 15 is 0 Å². The predicted octanol–water partition coefficient (Wildman–Crippen LogP) is 2.42. The van der Waals surface area contributed by atoms with Crippen molar-refractivity contribution in [3.8, 4) is 17.1 Å². The summed E-state index contributed by atoms with van der Waals surface area (Å²) in [6.45, 7) is 0. The van der Waals surface area contributed by atoms with E-state index in [2.05, 4.69) is 31.0 Å². The van der Waals surface area contributed by atoms with E-state index in [-0.39, 0.29) is 18.1 Å². The molecule has 4 rings (SSSR count). The molecule has 0 saturated carbocycles. The maximum atomic E-state index is 13.0. The molecule has 9 nitrogen and oxygen atoms in total. The summed E-state index contributed by atoms with van der Waals surface area (Å²) >= 11 is 0. The second-order valence-electron chi connectivity index (χ2n) is 5.87. The molecule has 28 heavy (non-hydrogen) atoms. The molecule has 0 aliphatic carbocycles. The Kier molecular flexibility index (Phi) is 4.83. The van der Waals surface area contributed by atoms with Gasteiger partial charge >= 0.3 is 0 Å². The second kappa shape index (κ2) is 7.74. The number of tetrazole rings is 1. The SMILES string of the molecule is O=C(CCc1nc(-c2ccc(F)cc2)no1)Nc1ccc(-n2cnnn2)cc1. The number of nitrogens with one attached hydrogen (secondary N) is 1. The Morgan fingerprint density at radius 3 is 2.61 bits per heavy atom. The minimum atomic E-state index is -0.338. The van der Waals surface area contributed by atoms with Crippen molar-refractivity contribution < 1.29 is 13.7 Å². The number of anilines is 1.